The highest BCUT2D eigenvalue weighted by Gasteiger charge is 2.34. The molecule has 0 unspecified atom stereocenters. The van der Waals surface area contributed by atoms with Gasteiger partial charge in [-0.2, -0.15) is 0 Å². The predicted molar refractivity (Wildman–Crippen MR) is 68.9 cm³/mol. The maximum atomic E-state index is 6.14. The zero-order valence-electron chi connectivity index (χ0n) is 9.44. The highest BCUT2D eigenvalue weighted by atomic mass is 35.5. The first-order valence-electron chi connectivity index (χ1n) is 5.52. The molecular formula is C12H15Cl2NO. The fourth-order valence-electron chi connectivity index (χ4n) is 1.95. The van der Waals surface area contributed by atoms with Crippen molar-refractivity contribution < 1.29 is 4.74 Å². The van der Waals surface area contributed by atoms with Crippen molar-refractivity contribution >= 4 is 28.9 Å². The van der Waals surface area contributed by atoms with E-state index in [0.29, 0.717) is 10.0 Å². The molecule has 0 aromatic heterocycles. The van der Waals surface area contributed by atoms with Crippen LogP contribution in [-0.2, 0) is 0 Å². The minimum absolute atomic E-state index is 0.148. The Balaban J connectivity index is 2.40. The Kier molecular flexibility index (Phi) is 3.22. The molecule has 16 heavy (non-hydrogen) atoms. The van der Waals surface area contributed by atoms with E-state index in [-0.39, 0.29) is 5.60 Å². The SMILES string of the molecule is CCC1(CC)CNc2cc(Cl)cc(Cl)c2O1. The highest BCUT2D eigenvalue weighted by molar-refractivity contribution is 6.36. The number of hydrogen-bond acceptors (Lipinski definition) is 2. The van der Waals surface area contributed by atoms with Gasteiger partial charge in [0.15, 0.2) is 5.75 Å². The summed E-state index contributed by atoms with van der Waals surface area (Å²) in [6.07, 6.45) is 1.91. The van der Waals surface area contributed by atoms with Gasteiger partial charge in [0.05, 0.1) is 17.3 Å². The molecule has 0 amide bonds. The fourth-order valence-corrected chi connectivity index (χ4v) is 2.48. The number of anilines is 1. The Labute approximate surface area is 106 Å². The lowest BCUT2D eigenvalue weighted by molar-refractivity contribution is 0.0672. The second-order valence-electron chi connectivity index (χ2n) is 4.11. The molecule has 1 aliphatic rings. The number of ether oxygens (including phenoxy) is 1. The Morgan fingerprint density at radius 3 is 2.62 bits per heavy atom. The van der Waals surface area contributed by atoms with E-state index in [4.69, 9.17) is 27.9 Å². The van der Waals surface area contributed by atoms with Crippen molar-refractivity contribution in [3.8, 4) is 5.75 Å². The third kappa shape index (κ3) is 1.96. The van der Waals surface area contributed by atoms with Crippen LogP contribution in [0.5, 0.6) is 5.75 Å². The van der Waals surface area contributed by atoms with Gasteiger partial charge in [-0.3, -0.25) is 0 Å². The smallest absolute Gasteiger partial charge is 0.162 e. The summed E-state index contributed by atoms with van der Waals surface area (Å²) in [6, 6.07) is 3.56. The first-order valence-corrected chi connectivity index (χ1v) is 6.28. The van der Waals surface area contributed by atoms with Crippen LogP contribution in [0, 0.1) is 0 Å². The van der Waals surface area contributed by atoms with E-state index in [2.05, 4.69) is 19.2 Å². The number of benzene rings is 1. The van der Waals surface area contributed by atoms with Crippen molar-refractivity contribution in [2.45, 2.75) is 32.3 Å². The van der Waals surface area contributed by atoms with Crippen LogP contribution < -0.4 is 10.1 Å². The first kappa shape index (κ1) is 11.9. The molecule has 2 nitrogen and oxygen atoms in total. The summed E-state index contributed by atoms with van der Waals surface area (Å²) in [5.74, 6) is 0.723. The van der Waals surface area contributed by atoms with E-state index >= 15 is 0 Å². The molecule has 0 spiro atoms. The van der Waals surface area contributed by atoms with Gasteiger partial charge in [-0.25, -0.2) is 0 Å². The van der Waals surface area contributed by atoms with Crippen LogP contribution in [0.3, 0.4) is 0 Å². The number of hydrogen-bond donors (Lipinski definition) is 1. The van der Waals surface area contributed by atoms with Crippen molar-refractivity contribution in [3.63, 3.8) is 0 Å². The van der Waals surface area contributed by atoms with Crippen molar-refractivity contribution in [3.05, 3.63) is 22.2 Å². The van der Waals surface area contributed by atoms with Crippen LogP contribution in [0.4, 0.5) is 5.69 Å². The summed E-state index contributed by atoms with van der Waals surface area (Å²) >= 11 is 12.1. The number of nitrogens with one attached hydrogen (secondary N) is 1. The van der Waals surface area contributed by atoms with Crippen molar-refractivity contribution in [1.29, 1.82) is 0 Å². The molecule has 1 aromatic rings. The summed E-state index contributed by atoms with van der Waals surface area (Å²) < 4.78 is 6.05. The molecular weight excluding hydrogens is 245 g/mol. The van der Waals surface area contributed by atoms with Gasteiger partial charge in [0.2, 0.25) is 0 Å². The lowest BCUT2D eigenvalue weighted by Crippen LogP contribution is -2.44. The van der Waals surface area contributed by atoms with Crippen molar-refractivity contribution in [2.75, 3.05) is 11.9 Å². The molecule has 0 fully saturated rings. The van der Waals surface area contributed by atoms with Crippen LogP contribution in [0.25, 0.3) is 0 Å². The molecule has 0 radical (unpaired) electrons. The van der Waals surface area contributed by atoms with Gasteiger partial charge >= 0.3 is 0 Å². The van der Waals surface area contributed by atoms with Gasteiger partial charge in [0, 0.05) is 5.02 Å². The van der Waals surface area contributed by atoms with Gasteiger partial charge in [-0.05, 0) is 25.0 Å². The van der Waals surface area contributed by atoms with Crippen molar-refractivity contribution in [2.24, 2.45) is 0 Å². The minimum atomic E-state index is -0.148. The zero-order valence-corrected chi connectivity index (χ0v) is 11.0. The third-order valence-electron chi connectivity index (χ3n) is 3.22. The quantitative estimate of drug-likeness (QED) is 0.853. The van der Waals surface area contributed by atoms with Crippen LogP contribution in [-0.4, -0.2) is 12.1 Å². The van der Waals surface area contributed by atoms with E-state index in [0.717, 1.165) is 30.8 Å². The van der Waals surface area contributed by atoms with E-state index < -0.39 is 0 Å². The second-order valence-corrected chi connectivity index (χ2v) is 4.95. The number of rotatable bonds is 2. The molecule has 0 atom stereocenters. The van der Waals surface area contributed by atoms with Crippen LogP contribution in [0.15, 0.2) is 12.1 Å². The second kappa shape index (κ2) is 4.34. The molecule has 4 heteroatoms. The number of halogens is 2. The molecule has 0 bridgehead atoms. The predicted octanol–water partition coefficient (Wildman–Crippen LogP) is 4.36. The molecule has 2 rings (SSSR count). The van der Waals surface area contributed by atoms with Gasteiger partial charge in [0.25, 0.3) is 0 Å². The largest absolute Gasteiger partial charge is 0.482 e. The van der Waals surface area contributed by atoms with E-state index in [1.165, 1.54) is 0 Å². The number of fused-ring (bicyclic) bond motifs is 1. The lowest BCUT2D eigenvalue weighted by Gasteiger charge is -2.38. The summed E-state index contributed by atoms with van der Waals surface area (Å²) in [7, 11) is 0. The topological polar surface area (TPSA) is 21.3 Å². The minimum Gasteiger partial charge on any atom is -0.482 e. The average molecular weight is 260 g/mol. The summed E-state index contributed by atoms with van der Waals surface area (Å²) in [6.45, 7) is 5.05. The average Bonchev–Trinajstić information content (AvgIpc) is 2.29. The third-order valence-corrected chi connectivity index (χ3v) is 3.72. The fraction of sp³-hybridized carbons (Fsp3) is 0.500. The van der Waals surface area contributed by atoms with Crippen molar-refractivity contribution in [1.82, 2.24) is 0 Å². The molecule has 88 valence electrons. The Morgan fingerprint density at radius 1 is 1.31 bits per heavy atom. The standard InChI is InChI=1S/C12H15Cl2NO/c1-3-12(4-2)7-15-10-6-8(13)5-9(14)11(10)16-12/h5-6,15H,3-4,7H2,1-2H3. The normalized spacial score (nSPS) is 17.2. The van der Waals surface area contributed by atoms with Crippen LogP contribution in [0.2, 0.25) is 10.0 Å². The van der Waals surface area contributed by atoms with Gasteiger partial charge < -0.3 is 10.1 Å². The van der Waals surface area contributed by atoms with Gasteiger partial charge in [0.1, 0.15) is 5.60 Å². The highest BCUT2D eigenvalue weighted by Crippen LogP contribution is 2.42. The molecule has 1 aromatic carbocycles. The summed E-state index contributed by atoms with van der Waals surface area (Å²) in [5.41, 5.74) is 0.736. The Bertz CT molecular complexity index is 402. The summed E-state index contributed by atoms with van der Waals surface area (Å²) in [5, 5.41) is 4.54. The Morgan fingerprint density at radius 2 is 2.00 bits per heavy atom. The molecule has 1 heterocycles. The Hall–Kier alpha value is -0.600. The van der Waals surface area contributed by atoms with Crippen LogP contribution >= 0.6 is 23.2 Å². The van der Waals surface area contributed by atoms with E-state index in [9.17, 15) is 0 Å². The molecule has 1 N–H and O–H groups in total. The van der Waals surface area contributed by atoms with E-state index in [1.807, 2.05) is 6.07 Å². The molecule has 0 saturated carbocycles. The molecule has 0 aliphatic carbocycles. The first-order chi connectivity index (χ1) is 7.60. The van der Waals surface area contributed by atoms with E-state index in [1.54, 1.807) is 6.07 Å². The lowest BCUT2D eigenvalue weighted by atomic mass is 9.95. The maximum absolute atomic E-state index is 6.14. The summed E-state index contributed by atoms with van der Waals surface area (Å²) in [4.78, 5) is 0. The maximum Gasteiger partial charge on any atom is 0.162 e. The molecule has 0 saturated heterocycles. The van der Waals surface area contributed by atoms with Crippen LogP contribution in [0.1, 0.15) is 26.7 Å². The molecule has 1 aliphatic heterocycles. The monoisotopic (exact) mass is 259 g/mol. The zero-order chi connectivity index (χ0) is 11.8. The van der Waals surface area contributed by atoms with Gasteiger partial charge in [-0.15, -0.1) is 0 Å². The van der Waals surface area contributed by atoms with Gasteiger partial charge in [-0.1, -0.05) is 37.0 Å².